The van der Waals surface area contributed by atoms with Crippen LogP contribution in [0.2, 0.25) is 0 Å². The van der Waals surface area contributed by atoms with Crippen molar-refractivity contribution >= 4 is 43.6 Å². The summed E-state index contributed by atoms with van der Waals surface area (Å²) in [5, 5.41) is 2.74. The summed E-state index contributed by atoms with van der Waals surface area (Å²) in [5.41, 5.74) is 0. The summed E-state index contributed by atoms with van der Waals surface area (Å²) in [6.07, 6.45) is 2.42. The predicted molar refractivity (Wildman–Crippen MR) is 69.6 cm³/mol. The van der Waals surface area contributed by atoms with Crippen molar-refractivity contribution in [3.8, 4) is 0 Å². The number of carbonyl (C=O) groups is 1. The van der Waals surface area contributed by atoms with Crippen LogP contribution in [-0.4, -0.2) is 28.6 Å². The van der Waals surface area contributed by atoms with Crippen molar-refractivity contribution in [1.82, 2.24) is 9.97 Å². The molecule has 2 rings (SSSR count). The number of aromatic nitrogens is 2. The van der Waals surface area contributed by atoms with Gasteiger partial charge in [-0.05, 0) is 45.2 Å². The van der Waals surface area contributed by atoms with Crippen LogP contribution < -0.4 is 5.32 Å². The van der Waals surface area contributed by atoms with Crippen LogP contribution in [0.1, 0.15) is 13.3 Å². The highest BCUT2D eigenvalue weighted by Crippen LogP contribution is 2.23. The number of rotatable bonds is 2. The van der Waals surface area contributed by atoms with Crippen molar-refractivity contribution in [2.75, 3.05) is 11.9 Å². The Bertz CT molecular complexity index is 442. The molecule has 2 atom stereocenters. The topological polar surface area (TPSA) is 64.1 Å². The van der Waals surface area contributed by atoms with Crippen LogP contribution in [0.3, 0.4) is 0 Å². The molecule has 1 N–H and O–H groups in total. The Labute approximate surface area is 116 Å². The molecule has 1 fully saturated rings. The summed E-state index contributed by atoms with van der Waals surface area (Å²) in [5.74, 6) is 0.242. The van der Waals surface area contributed by atoms with E-state index in [0.29, 0.717) is 21.6 Å². The first-order valence-electron chi connectivity index (χ1n) is 5.16. The van der Waals surface area contributed by atoms with E-state index >= 15 is 0 Å². The Morgan fingerprint density at radius 2 is 2.35 bits per heavy atom. The molecule has 2 heterocycles. The fraction of sp³-hybridized carbons (Fsp3) is 0.500. The van der Waals surface area contributed by atoms with Crippen molar-refractivity contribution in [3.63, 3.8) is 0 Å². The van der Waals surface area contributed by atoms with Crippen molar-refractivity contribution in [2.45, 2.75) is 19.4 Å². The van der Waals surface area contributed by atoms with E-state index < -0.39 is 0 Å². The van der Waals surface area contributed by atoms with E-state index in [1.54, 1.807) is 0 Å². The van der Waals surface area contributed by atoms with Crippen LogP contribution in [-0.2, 0) is 9.53 Å². The summed E-state index contributed by atoms with van der Waals surface area (Å²) in [6, 6.07) is 0. The van der Waals surface area contributed by atoms with E-state index in [9.17, 15) is 4.79 Å². The smallest absolute Gasteiger partial charge is 0.231 e. The number of anilines is 1. The van der Waals surface area contributed by atoms with E-state index in [4.69, 9.17) is 4.74 Å². The van der Waals surface area contributed by atoms with Crippen LogP contribution in [0, 0.1) is 5.92 Å². The third-order valence-electron chi connectivity index (χ3n) is 2.51. The van der Waals surface area contributed by atoms with Gasteiger partial charge < -0.3 is 10.1 Å². The average Bonchev–Trinajstić information content (AvgIpc) is 2.69. The zero-order chi connectivity index (χ0) is 12.4. The lowest BCUT2D eigenvalue weighted by Crippen LogP contribution is -2.24. The van der Waals surface area contributed by atoms with Crippen LogP contribution in [0.4, 0.5) is 5.82 Å². The highest BCUT2D eigenvalue weighted by Gasteiger charge is 2.28. The lowest BCUT2D eigenvalue weighted by molar-refractivity contribution is -0.119. The van der Waals surface area contributed by atoms with E-state index in [-0.39, 0.29) is 17.9 Å². The maximum atomic E-state index is 11.9. The average molecular weight is 365 g/mol. The number of nitrogens with zero attached hydrogens (tertiary/aromatic N) is 2. The third-order valence-corrected chi connectivity index (χ3v) is 3.45. The Kier molecular flexibility index (Phi) is 4.11. The minimum atomic E-state index is -0.109. The highest BCUT2D eigenvalue weighted by atomic mass is 79.9. The van der Waals surface area contributed by atoms with Gasteiger partial charge in [0.2, 0.25) is 5.91 Å². The van der Waals surface area contributed by atoms with Crippen LogP contribution in [0.15, 0.2) is 15.4 Å². The quantitative estimate of drug-likeness (QED) is 0.874. The van der Waals surface area contributed by atoms with Crippen molar-refractivity contribution in [2.24, 2.45) is 5.92 Å². The molecule has 0 spiro atoms. The molecule has 5 nitrogen and oxygen atoms in total. The Morgan fingerprint density at radius 1 is 1.59 bits per heavy atom. The molecule has 0 aromatic carbocycles. The summed E-state index contributed by atoms with van der Waals surface area (Å²) in [6.45, 7) is 2.43. The van der Waals surface area contributed by atoms with E-state index in [1.807, 2.05) is 6.92 Å². The molecular formula is C10H11Br2N3O2. The molecule has 1 aromatic heterocycles. The van der Waals surface area contributed by atoms with Gasteiger partial charge in [0, 0.05) is 0 Å². The van der Waals surface area contributed by atoms with E-state index in [2.05, 4.69) is 47.1 Å². The summed E-state index contributed by atoms with van der Waals surface area (Å²) in [7, 11) is 0. The van der Waals surface area contributed by atoms with Crippen molar-refractivity contribution < 1.29 is 9.53 Å². The van der Waals surface area contributed by atoms with Gasteiger partial charge in [0.1, 0.15) is 9.21 Å². The Hall–Kier alpha value is -0.530. The molecule has 1 aliphatic heterocycles. The number of nitrogens with one attached hydrogen (secondary N) is 1. The minimum Gasteiger partial charge on any atom is -0.378 e. The van der Waals surface area contributed by atoms with Gasteiger partial charge in [-0.25, -0.2) is 9.97 Å². The Morgan fingerprint density at radius 3 is 2.94 bits per heavy atom. The molecule has 0 aliphatic carbocycles. The second-order valence-electron chi connectivity index (χ2n) is 3.90. The zero-order valence-electron chi connectivity index (χ0n) is 9.11. The molecule has 1 amide bonds. The van der Waals surface area contributed by atoms with Gasteiger partial charge in [0.05, 0.1) is 24.8 Å². The van der Waals surface area contributed by atoms with E-state index in [0.717, 1.165) is 6.42 Å². The molecule has 2 unspecified atom stereocenters. The summed E-state index contributed by atoms with van der Waals surface area (Å²) < 4.78 is 6.48. The fourth-order valence-electron chi connectivity index (χ4n) is 1.65. The monoisotopic (exact) mass is 363 g/mol. The predicted octanol–water partition coefficient (Wildman–Crippen LogP) is 2.37. The van der Waals surface area contributed by atoms with E-state index in [1.165, 1.54) is 6.20 Å². The Balaban J connectivity index is 2.03. The molecule has 1 aromatic rings. The van der Waals surface area contributed by atoms with Gasteiger partial charge in [-0.2, -0.15) is 0 Å². The van der Waals surface area contributed by atoms with Crippen LogP contribution in [0.5, 0.6) is 0 Å². The number of carbonyl (C=O) groups excluding carboxylic acids is 1. The highest BCUT2D eigenvalue weighted by molar-refractivity contribution is 9.11. The molecule has 0 radical (unpaired) electrons. The first-order chi connectivity index (χ1) is 8.06. The van der Waals surface area contributed by atoms with Crippen molar-refractivity contribution in [1.29, 1.82) is 0 Å². The number of halogens is 2. The SMILES string of the molecule is CC1CC(C(=O)Nc2ncc(Br)nc2Br)CO1. The summed E-state index contributed by atoms with van der Waals surface area (Å²) in [4.78, 5) is 20.1. The van der Waals surface area contributed by atoms with Crippen LogP contribution in [0.25, 0.3) is 0 Å². The number of hydrogen-bond donors (Lipinski definition) is 1. The molecular weight excluding hydrogens is 354 g/mol. The maximum Gasteiger partial charge on any atom is 0.231 e. The first kappa shape index (κ1) is 12.9. The number of ether oxygens (including phenoxy) is 1. The van der Waals surface area contributed by atoms with Crippen LogP contribution >= 0.6 is 31.9 Å². The van der Waals surface area contributed by atoms with Crippen molar-refractivity contribution in [3.05, 3.63) is 15.4 Å². The molecule has 17 heavy (non-hydrogen) atoms. The van der Waals surface area contributed by atoms with Gasteiger partial charge in [0.25, 0.3) is 0 Å². The van der Waals surface area contributed by atoms with Gasteiger partial charge in [-0.3, -0.25) is 4.79 Å². The maximum absolute atomic E-state index is 11.9. The minimum absolute atomic E-state index is 0.0772. The molecule has 1 saturated heterocycles. The molecule has 0 saturated carbocycles. The third kappa shape index (κ3) is 3.23. The van der Waals surface area contributed by atoms with Gasteiger partial charge in [-0.1, -0.05) is 0 Å². The number of amides is 1. The zero-order valence-corrected chi connectivity index (χ0v) is 12.3. The summed E-state index contributed by atoms with van der Waals surface area (Å²) >= 11 is 6.45. The largest absolute Gasteiger partial charge is 0.378 e. The second kappa shape index (κ2) is 5.41. The second-order valence-corrected chi connectivity index (χ2v) is 5.46. The molecule has 0 bridgehead atoms. The van der Waals surface area contributed by atoms with Gasteiger partial charge >= 0.3 is 0 Å². The molecule has 1 aliphatic rings. The molecule has 7 heteroatoms. The standard InChI is InChI=1S/C10H11Br2N3O2/c1-5-2-6(4-17-5)10(16)15-9-8(12)14-7(11)3-13-9/h3,5-6H,2,4H2,1H3,(H,13,15,16). The number of hydrogen-bond acceptors (Lipinski definition) is 4. The van der Waals surface area contributed by atoms with Gasteiger partial charge in [0.15, 0.2) is 5.82 Å². The normalized spacial score (nSPS) is 23.7. The molecule has 92 valence electrons. The lowest BCUT2D eigenvalue weighted by Gasteiger charge is -2.09. The lowest BCUT2D eigenvalue weighted by atomic mass is 10.1. The van der Waals surface area contributed by atoms with Gasteiger partial charge in [-0.15, -0.1) is 0 Å². The fourth-order valence-corrected chi connectivity index (χ4v) is 2.56. The first-order valence-corrected chi connectivity index (χ1v) is 6.75.